The molecule has 0 aromatic heterocycles. The maximum absolute atomic E-state index is 13.7. The highest BCUT2D eigenvalue weighted by molar-refractivity contribution is 9.10. The van der Waals surface area contributed by atoms with Crippen molar-refractivity contribution in [2.45, 2.75) is 32.5 Å². The van der Waals surface area contributed by atoms with Crippen LogP contribution in [0.25, 0.3) is 0 Å². The molecule has 2 aromatic rings. The normalized spacial score (nSPS) is 13.7. The number of rotatable bonds is 6. The molecule has 142 valence electrons. The second-order valence-corrected chi connectivity index (χ2v) is 7.43. The predicted molar refractivity (Wildman–Crippen MR) is 104 cm³/mol. The van der Waals surface area contributed by atoms with E-state index in [1.165, 1.54) is 6.07 Å². The Labute approximate surface area is 166 Å². The Balaban J connectivity index is 1.49. The first-order valence-corrected chi connectivity index (χ1v) is 9.62. The zero-order chi connectivity index (χ0) is 19.2. The lowest BCUT2D eigenvalue weighted by molar-refractivity contribution is -0.128. The van der Waals surface area contributed by atoms with Crippen molar-refractivity contribution in [3.05, 3.63) is 69.4 Å². The number of carbonyl (C=O) groups excluding carboxylic acids is 2. The molecule has 27 heavy (non-hydrogen) atoms. The van der Waals surface area contributed by atoms with E-state index in [0.29, 0.717) is 25.1 Å². The molecule has 1 saturated heterocycles. The first-order valence-electron chi connectivity index (χ1n) is 8.82. The highest BCUT2D eigenvalue weighted by atomic mass is 79.9. The summed E-state index contributed by atoms with van der Waals surface area (Å²) in [5, 5.41) is 5.42. The van der Waals surface area contributed by atoms with Crippen molar-refractivity contribution < 1.29 is 14.0 Å². The van der Waals surface area contributed by atoms with Crippen molar-refractivity contribution >= 4 is 27.9 Å². The smallest absolute Gasteiger partial charge is 0.315 e. The Morgan fingerprint density at radius 2 is 1.89 bits per heavy atom. The molecule has 2 N–H and O–H groups in total. The number of urea groups is 1. The van der Waals surface area contributed by atoms with Gasteiger partial charge in [-0.25, -0.2) is 9.18 Å². The van der Waals surface area contributed by atoms with Gasteiger partial charge in [0.15, 0.2) is 0 Å². The summed E-state index contributed by atoms with van der Waals surface area (Å²) in [5.74, 6) is -0.166. The fraction of sp³-hybridized carbons (Fsp3) is 0.300. The van der Waals surface area contributed by atoms with E-state index in [2.05, 4.69) is 26.6 Å². The van der Waals surface area contributed by atoms with Crippen LogP contribution in [0.15, 0.2) is 46.9 Å². The average Bonchev–Trinajstić information content (AvgIpc) is 3.06. The zero-order valence-electron chi connectivity index (χ0n) is 14.8. The lowest BCUT2D eigenvalue weighted by atomic mass is 10.1. The van der Waals surface area contributed by atoms with Crippen molar-refractivity contribution in [2.75, 3.05) is 6.54 Å². The van der Waals surface area contributed by atoms with Gasteiger partial charge in [-0.15, -0.1) is 0 Å². The van der Waals surface area contributed by atoms with Crippen molar-refractivity contribution in [1.29, 1.82) is 0 Å². The van der Waals surface area contributed by atoms with E-state index in [1.807, 2.05) is 29.2 Å². The molecule has 3 amide bonds. The van der Waals surface area contributed by atoms with Crippen molar-refractivity contribution in [3.8, 4) is 0 Å². The first-order chi connectivity index (χ1) is 13.0. The molecular weight excluding hydrogens is 413 g/mol. The molecule has 2 aromatic carbocycles. The van der Waals surface area contributed by atoms with Crippen LogP contribution < -0.4 is 10.6 Å². The van der Waals surface area contributed by atoms with Gasteiger partial charge < -0.3 is 15.5 Å². The molecule has 1 fully saturated rings. The minimum atomic E-state index is -0.366. The molecule has 3 rings (SSSR count). The Kier molecular flexibility index (Phi) is 6.45. The third-order valence-corrected chi connectivity index (χ3v) is 4.93. The summed E-state index contributed by atoms with van der Waals surface area (Å²) in [5.41, 5.74) is 2.40. The van der Waals surface area contributed by atoms with Crippen molar-refractivity contribution in [2.24, 2.45) is 0 Å². The van der Waals surface area contributed by atoms with Gasteiger partial charge in [0.25, 0.3) is 0 Å². The maximum atomic E-state index is 13.7. The van der Waals surface area contributed by atoms with Gasteiger partial charge in [-0.2, -0.15) is 0 Å². The van der Waals surface area contributed by atoms with Gasteiger partial charge in [-0.05, 0) is 35.7 Å². The van der Waals surface area contributed by atoms with Gasteiger partial charge in [0, 0.05) is 42.6 Å². The molecule has 1 heterocycles. The number of likely N-dealkylation sites (tertiary alicyclic amines) is 1. The van der Waals surface area contributed by atoms with E-state index < -0.39 is 0 Å². The molecule has 0 saturated carbocycles. The molecule has 0 unspecified atom stereocenters. The molecule has 1 aliphatic heterocycles. The van der Waals surface area contributed by atoms with E-state index >= 15 is 0 Å². The lowest BCUT2D eigenvalue weighted by Crippen LogP contribution is -2.34. The van der Waals surface area contributed by atoms with Crippen LogP contribution in [-0.4, -0.2) is 23.4 Å². The van der Waals surface area contributed by atoms with Gasteiger partial charge in [0.05, 0.1) is 0 Å². The Bertz CT molecular complexity index is 844. The largest absolute Gasteiger partial charge is 0.338 e. The van der Waals surface area contributed by atoms with Gasteiger partial charge in [0.1, 0.15) is 5.82 Å². The zero-order valence-corrected chi connectivity index (χ0v) is 16.4. The molecule has 5 nitrogen and oxygen atoms in total. The molecule has 0 aliphatic carbocycles. The summed E-state index contributed by atoms with van der Waals surface area (Å²) in [6.45, 7) is 1.86. The van der Waals surface area contributed by atoms with Crippen LogP contribution in [0.4, 0.5) is 9.18 Å². The number of nitrogens with one attached hydrogen (secondary N) is 2. The quantitative estimate of drug-likeness (QED) is 0.729. The summed E-state index contributed by atoms with van der Waals surface area (Å²) in [4.78, 5) is 25.6. The standard InChI is InChI=1S/C20H21BrFN3O2/c21-17-6-7-18(22)16(10-17)12-24-20(27)23-11-14-3-1-4-15(9-14)13-25-8-2-5-19(25)26/h1,3-4,6-7,9-10H,2,5,8,11-13H2,(H2,23,24,27). The number of carbonyl (C=O) groups is 2. The minimum Gasteiger partial charge on any atom is -0.338 e. The van der Waals surface area contributed by atoms with Crippen LogP contribution in [0, 0.1) is 5.82 Å². The van der Waals surface area contributed by atoms with Crippen LogP contribution in [0.1, 0.15) is 29.5 Å². The Hall–Kier alpha value is -2.41. The van der Waals surface area contributed by atoms with E-state index in [4.69, 9.17) is 0 Å². The van der Waals surface area contributed by atoms with Crippen LogP contribution in [0.5, 0.6) is 0 Å². The highest BCUT2D eigenvalue weighted by Gasteiger charge is 2.19. The van der Waals surface area contributed by atoms with Gasteiger partial charge in [0.2, 0.25) is 5.91 Å². The molecule has 1 aliphatic rings. The van der Waals surface area contributed by atoms with E-state index in [9.17, 15) is 14.0 Å². The fourth-order valence-electron chi connectivity index (χ4n) is 3.03. The molecule has 0 spiro atoms. The SMILES string of the molecule is O=C(NCc1cccc(CN2CCCC2=O)c1)NCc1cc(Br)ccc1F. The molecule has 0 radical (unpaired) electrons. The predicted octanol–water partition coefficient (Wildman–Crippen LogP) is 3.71. The van der Waals surface area contributed by atoms with Gasteiger partial charge in [-0.1, -0.05) is 40.2 Å². The van der Waals surface area contributed by atoms with E-state index in [0.717, 1.165) is 28.6 Å². The Morgan fingerprint density at radius 1 is 1.11 bits per heavy atom. The minimum absolute atomic E-state index is 0.105. The van der Waals surface area contributed by atoms with Gasteiger partial charge >= 0.3 is 6.03 Å². The molecule has 0 atom stereocenters. The molecule has 0 bridgehead atoms. The number of hydrogen-bond acceptors (Lipinski definition) is 2. The third-order valence-electron chi connectivity index (χ3n) is 4.44. The van der Waals surface area contributed by atoms with E-state index in [-0.39, 0.29) is 24.3 Å². The monoisotopic (exact) mass is 433 g/mol. The van der Waals surface area contributed by atoms with Crippen LogP contribution in [0.3, 0.4) is 0 Å². The number of hydrogen-bond donors (Lipinski definition) is 2. The summed E-state index contributed by atoms with van der Waals surface area (Å²) < 4.78 is 14.4. The first kappa shape index (κ1) is 19.4. The van der Waals surface area contributed by atoms with Gasteiger partial charge in [-0.3, -0.25) is 4.79 Å². The number of benzene rings is 2. The molecule has 7 heteroatoms. The topological polar surface area (TPSA) is 61.4 Å². The van der Waals surface area contributed by atoms with Crippen LogP contribution >= 0.6 is 15.9 Å². The lowest BCUT2D eigenvalue weighted by Gasteiger charge is -2.16. The second-order valence-electron chi connectivity index (χ2n) is 6.51. The Morgan fingerprint density at radius 3 is 2.67 bits per heavy atom. The summed E-state index contributed by atoms with van der Waals surface area (Å²) >= 11 is 3.29. The average molecular weight is 434 g/mol. The summed E-state index contributed by atoms with van der Waals surface area (Å²) in [7, 11) is 0. The number of nitrogens with zero attached hydrogens (tertiary/aromatic N) is 1. The van der Waals surface area contributed by atoms with Crippen LogP contribution in [0.2, 0.25) is 0 Å². The van der Waals surface area contributed by atoms with E-state index in [1.54, 1.807) is 12.1 Å². The fourth-order valence-corrected chi connectivity index (χ4v) is 3.44. The maximum Gasteiger partial charge on any atom is 0.315 e. The van der Waals surface area contributed by atoms with Crippen molar-refractivity contribution in [1.82, 2.24) is 15.5 Å². The summed E-state index contributed by atoms with van der Waals surface area (Å²) in [6, 6.07) is 12.0. The van der Waals surface area contributed by atoms with Crippen LogP contribution in [-0.2, 0) is 24.4 Å². The highest BCUT2D eigenvalue weighted by Crippen LogP contribution is 2.16. The molecular formula is C20H21BrFN3O2. The second kappa shape index (κ2) is 8.99. The summed E-state index contributed by atoms with van der Waals surface area (Å²) in [6.07, 6.45) is 1.54. The van der Waals surface area contributed by atoms with Crippen molar-refractivity contribution in [3.63, 3.8) is 0 Å². The number of halogens is 2. The third kappa shape index (κ3) is 5.53. The number of amides is 3.